The lowest BCUT2D eigenvalue weighted by Crippen LogP contribution is -2.18. The summed E-state index contributed by atoms with van der Waals surface area (Å²) in [5, 5.41) is 4.73. The normalized spacial score (nSPS) is 11.5. The summed E-state index contributed by atoms with van der Waals surface area (Å²) < 4.78 is 6.63. The molecule has 0 aliphatic carbocycles. The van der Waals surface area contributed by atoms with Crippen molar-refractivity contribution >= 4 is 39.7 Å². The molecule has 1 N–H and O–H groups in total. The fourth-order valence-corrected chi connectivity index (χ4v) is 3.54. The molecule has 0 heterocycles. The van der Waals surface area contributed by atoms with E-state index in [0.717, 1.165) is 15.6 Å². The van der Waals surface area contributed by atoms with Crippen LogP contribution in [0.1, 0.15) is 47.8 Å². The maximum atomic E-state index is 12.3. The summed E-state index contributed by atoms with van der Waals surface area (Å²) in [6.45, 7) is 6.78. The monoisotopic (exact) mass is 498 g/mol. The molecule has 3 aromatic carbocycles. The van der Waals surface area contributed by atoms with Crippen LogP contribution in [0.5, 0.6) is 5.75 Å². The lowest BCUT2D eigenvalue weighted by molar-refractivity contribution is 0.0955. The summed E-state index contributed by atoms with van der Waals surface area (Å²) in [7, 11) is 0. The van der Waals surface area contributed by atoms with Crippen LogP contribution in [0.3, 0.4) is 0 Å². The maximum absolute atomic E-state index is 12.3. The van der Waals surface area contributed by atoms with Gasteiger partial charge in [0.05, 0.1) is 10.7 Å². The van der Waals surface area contributed by atoms with Crippen molar-refractivity contribution in [2.75, 3.05) is 0 Å². The van der Waals surface area contributed by atoms with E-state index in [0.29, 0.717) is 22.9 Å². The number of hydrogen-bond acceptors (Lipinski definition) is 3. The van der Waals surface area contributed by atoms with Crippen molar-refractivity contribution in [1.82, 2.24) is 5.43 Å². The van der Waals surface area contributed by atoms with Gasteiger partial charge in [0.1, 0.15) is 12.4 Å². The summed E-state index contributed by atoms with van der Waals surface area (Å²) >= 11 is 9.68. The van der Waals surface area contributed by atoms with Gasteiger partial charge in [0.25, 0.3) is 5.91 Å². The molecule has 3 rings (SSSR count). The highest BCUT2D eigenvalue weighted by molar-refractivity contribution is 9.10. The minimum atomic E-state index is -0.254. The van der Waals surface area contributed by atoms with Crippen LogP contribution in [0.15, 0.2) is 76.3 Å². The van der Waals surface area contributed by atoms with Gasteiger partial charge < -0.3 is 4.74 Å². The van der Waals surface area contributed by atoms with Crippen LogP contribution in [0.25, 0.3) is 0 Å². The van der Waals surface area contributed by atoms with Crippen LogP contribution >= 0.6 is 27.5 Å². The van der Waals surface area contributed by atoms with Gasteiger partial charge in [0, 0.05) is 16.1 Å². The molecule has 0 spiro atoms. The lowest BCUT2D eigenvalue weighted by Gasteiger charge is -2.18. The number of amides is 1. The zero-order chi connectivity index (χ0) is 22.4. The van der Waals surface area contributed by atoms with Gasteiger partial charge in [0.15, 0.2) is 0 Å². The van der Waals surface area contributed by atoms with E-state index in [1.807, 2.05) is 66.7 Å². The summed E-state index contributed by atoms with van der Waals surface area (Å²) in [4.78, 5) is 12.3. The molecule has 4 nitrogen and oxygen atoms in total. The Balaban J connectivity index is 1.58. The van der Waals surface area contributed by atoms with E-state index < -0.39 is 0 Å². The van der Waals surface area contributed by atoms with E-state index in [-0.39, 0.29) is 11.3 Å². The molecule has 3 aromatic rings. The van der Waals surface area contributed by atoms with Crippen molar-refractivity contribution in [3.63, 3.8) is 0 Å². The van der Waals surface area contributed by atoms with Crippen molar-refractivity contribution in [3.8, 4) is 5.75 Å². The molecule has 160 valence electrons. The number of halogens is 2. The lowest BCUT2D eigenvalue weighted by atomic mass is 9.87. The van der Waals surface area contributed by atoms with Gasteiger partial charge in [-0.3, -0.25) is 4.79 Å². The van der Waals surface area contributed by atoms with Gasteiger partial charge in [0.2, 0.25) is 0 Å². The number of hydrazone groups is 1. The minimum Gasteiger partial charge on any atom is -0.488 e. The predicted octanol–water partition coefficient (Wildman–Crippen LogP) is 6.74. The first kappa shape index (κ1) is 23.0. The number of nitrogens with zero attached hydrogens (tertiary/aromatic N) is 1. The summed E-state index contributed by atoms with van der Waals surface area (Å²) in [5.41, 5.74) is 6.08. The molecule has 1 amide bonds. The van der Waals surface area contributed by atoms with Crippen molar-refractivity contribution < 1.29 is 9.53 Å². The van der Waals surface area contributed by atoms with Gasteiger partial charge in [-0.2, -0.15) is 5.10 Å². The van der Waals surface area contributed by atoms with E-state index in [1.165, 1.54) is 5.56 Å². The van der Waals surface area contributed by atoms with E-state index in [9.17, 15) is 4.79 Å². The third-order valence-corrected chi connectivity index (χ3v) is 5.68. The number of hydrogen-bond donors (Lipinski definition) is 1. The average Bonchev–Trinajstić information content (AvgIpc) is 2.73. The Morgan fingerprint density at radius 2 is 1.81 bits per heavy atom. The summed E-state index contributed by atoms with van der Waals surface area (Å²) in [6.07, 6.45) is 1.59. The van der Waals surface area contributed by atoms with Gasteiger partial charge >= 0.3 is 0 Å². The Labute approximate surface area is 196 Å². The number of carbonyl (C=O) groups is 1. The van der Waals surface area contributed by atoms with Crippen LogP contribution in [-0.4, -0.2) is 12.1 Å². The third kappa shape index (κ3) is 6.42. The molecule has 31 heavy (non-hydrogen) atoms. The van der Waals surface area contributed by atoms with E-state index >= 15 is 0 Å². The standard InChI is InChI=1S/C25H24BrClN2O2/c1-25(2,3)20-11-9-18(10-12-20)24(30)29-28-15-17-8-13-23(21(26)14-17)31-16-19-6-4-5-7-22(19)27/h4-15H,16H2,1-3H3,(H,29,30)/b28-15-. The first-order chi connectivity index (χ1) is 14.7. The Bertz CT molecular complexity index is 1090. The van der Waals surface area contributed by atoms with E-state index in [1.54, 1.807) is 6.21 Å². The molecule has 0 radical (unpaired) electrons. The van der Waals surface area contributed by atoms with Crippen molar-refractivity contribution in [2.24, 2.45) is 5.10 Å². The molecule has 0 aromatic heterocycles. The summed E-state index contributed by atoms with van der Waals surface area (Å²) in [5.74, 6) is 0.440. The van der Waals surface area contributed by atoms with Gasteiger partial charge in [-0.25, -0.2) is 5.43 Å². The number of nitrogens with one attached hydrogen (secondary N) is 1. The Hall–Kier alpha value is -2.63. The highest BCUT2D eigenvalue weighted by Crippen LogP contribution is 2.27. The number of benzene rings is 3. The zero-order valence-corrected chi connectivity index (χ0v) is 20.0. The highest BCUT2D eigenvalue weighted by atomic mass is 79.9. The highest BCUT2D eigenvalue weighted by Gasteiger charge is 2.14. The third-order valence-electron chi connectivity index (χ3n) is 4.69. The molecule has 0 bridgehead atoms. The van der Waals surface area contributed by atoms with Crippen LogP contribution in [0.4, 0.5) is 0 Å². The first-order valence-corrected chi connectivity index (χ1v) is 11.0. The molecule has 0 unspecified atom stereocenters. The second-order valence-corrected chi connectivity index (χ2v) is 9.36. The van der Waals surface area contributed by atoms with Gasteiger partial charge in [-0.1, -0.05) is 62.7 Å². The second kappa shape index (κ2) is 10.1. The SMILES string of the molecule is CC(C)(C)c1ccc(C(=O)N/N=C\c2ccc(OCc3ccccc3Cl)c(Br)c2)cc1. The molecule has 6 heteroatoms. The molecule has 0 aliphatic rings. The molecule has 0 atom stereocenters. The van der Waals surface area contributed by atoms with Crippen LogP contribution in [-0.2, 0) is 12.0 Å². The Kier molecular flexibility index (Phi) is 7.52. The van der Waals surface area contributed by atoms with Crippen molar-refractivity contribution in [2.45, 2.75) is 32.8 Å². The second-order valence-electron chi connectivity index (χ2n) is 8.10. The van der Waals surface area contributed by atoms with Gasteiger partial charge in [-0.15, -0.1) is 0 Å². The fraction of sp³-hybridized carbons (Fsp3) is 0.200. The number of rotatable bonds is 6. The molecule has 0 saturated heterocycles. The van der Waals surface area contributed by atoms with Crippen LogP contribution in [0.2, 0.25) is 5.02 Å². The van der Waals surface area contributed by atoms with Crippen LogP contribution in [0, 0.1) is 0 Å². The summed E-state index contributed by atoms with van der Waals surface area (Å²) in [6, 6.07) is 20.7. The molecular formula is C25H24BrClN2O2. The number of ether oxygens (including phenoxy) is 1. The van der Waals surface area contributed by atoms with E-state index in [4.69, 9.17) is 16.3 Å². The topological polar surface area (TPSA) is 50.7 Å². The minimum absolute atomic E-state index is 0.0454. The molecule has 0 aliphatic heterocycles. The maximum Gasteiger partial charge on any atom is 0.271 e. The Morgan fingerprint density at radius 1 is 1.10 bits per heavy atom. The molecular weight excluding hydrogens is 476 g/mol. The average molecular weight is 500 g/mol. The quantitative estimate of drug-likeness (QED) is 0.301. The molecule has 0 fully saturated rings. The van der Waals surface area contributed by atoms with Gasteiger partial charge in [-0.05, 0) is 68.9 Å². The smallest absolute Gasteiger partial charge is 0.271 e. The zero-order valence-electron chi connectivity index (χ0n) is 17.7. The van der Waals surface area contributed by atoms with Crippen molar-refractivity contribution in [3.05, 3.63) is 98.5 Å². The first-order valence-electron chi connectivity index (χ1n) is 9.84. The fourth-order valence-electron chi connectivity index (χ4n) is 2.84. The van der Waals surface area contributed by atoms with Crippen LogP contribution < -0.4 is 10.2 Å². The molecule has 0 saturated carbocycles. The Morgan fingerprint density at radius 3 is 2.45 bits per heavy atom. The number of carbonyl (C=O) groups excluding carboxylic acids is 1. The van der Waals surface area contributed by atoms with E-state index in [2.05, 4.69) is 47.2 Å². The predicted molar refractivity (Wildman–Crippen MR) is 130 cm³/mol. The largest absolute Gasteiger partial charge is 0.488 e. The van der Waals surface area contributed by atoms with Crippen molar-refractivity contribution in [1.29, 1.82) is 0 Å².